The molecule has 0 radical (unpaired) electrons. The van der Waals surface area contributed by atoms with Crippen LogP contribution in [-0.2, 0) is 0 Å². The van der Waals surface area contributed by atoms with Crippen molar-refractivity contribution in [3.8, 4) is 5.75 Å². The predicted molar refractivity (Wildman–Crippen MR) is 109 cm³/mol. The monoisotopic (exact) mass is 379 g/mol. The van der Waals surface area contributed by atoms with Gasteiger partial charge in [-0.2, -0.15) is 0 Å². The Bertz CT molecular complexity index is 976. The number of hydrogen-bond acceptors (Lipinski definition) is 7. The van der Waals surface area contributed by atoms with E-state index in [2.05, 4.69) is 15.3 Å². The molecule has 1 N–H and O–H groups in total. The number of rotatable bonds is 7. The van der Waals surface area contributed by atoms with Gasteiger partial charge in [0.05, 0.1) is 12.0 Å². The summed E-state index contributed by atoms with van der Waals surface area (Å²) in [5.41, 5.74) is 2.37. The smallest absolute Gasteiger partial charge is 0.354 e. The summed E-state index contributed by atoms with van der Waals surface area (Å²) >= 11 is 0. The molecule has 0 unspecified atom stereocenters. The van der Waals surface area contributed by atoms with E-state index in [-0.39, 0.29) is 17.3 Å². The van der Waals surface area contributed by atoms with Gasteiger partial charge in [-0.15, -0.1) is 0 Å². The molecule has 2 aromatic carbocycles. The lowest BCUT2D eigenvalue weighted by molar-refractivity contribution is -0.383. The zero-order chi connectivity index (χ0) is 20.1. The second kappa shape index (κ2) is 8.34. The molecular formula is C20H21N5O3. The van der Waals surface area contributed by atoms with Crippen LogP contribution in [0.2, 0.25) is 0 Å². The highest BCUT2D eigenvalue weighted by Crippen LogP contribution is 2.37. The molecule has 0 aliphatic rings. The molecule has 0 fully saturated rings. The van der Waals surface area contributed by atoms with Gasteiger partial charge in [-0.25, -0.2) is 9.97 Å². The van der Waals surface area contributed by atoms with E-state index in [4.69, 9.17) is 4.74 Å². The standard InChI is InChI=1S/C20H21N5O3/c1-4-24(16-7-5-6-14(2)12-16)20-18(25(26)27)19(21-13-22-20)23-15-8-10-17(28-3)11-9-15/h5-13H,4H2,1-3H3,(H,21,22,23). The number of nitro groups is 1. The third kappa shape index (κ3) is 4.01. The third-order valence-electron chi connectivity index (χ3n) is 4.22. The second-order valence-corrected chi connectivity index (χ2v) is 6.09. The van der Waals surface area contributed by atoms with Crippen LogP contribution in [0.4, 0.5) is 28.7 Å². The second-order valence-electron chi connectivity index (χ2n) is 6.09. The predicted octanol–water partition coefficient (Wildman–Crippen LogP) is 4.60. The summed E-state index contributed by atoms with van der Waals surface area (Å²) in [4.78, 5) is 21.6. The van der Waals surface area contributed by atoms with Gasteiger partial charge in [-0.3, -0.25) is 10.1 Å². The number of methoxy groups -OCH3 is 1. The fourth-order valence-electron chi connectivity index (χ4n) is 2.89. The van der Waals surface area contributed by atoms with Crippen molar-refractivity contribution >= 4 is 28.7 Å². The quantitative estimate of drug-likeness (QED) is 0.473. The number of aryl methyl sites for hydroxylation is 1. The van der Waals surface area contributed by atoms with Gasteiger partial charge in [0.15, 0.2) is 0 Å². The Morgan fingerprint density at radius 3 is 2.54 bits per heavy atom. The molecule has 3 rings (SSSR count). The molecule has 1 heterocycles. The lowest BCUT2D eigenvalue weighted by Crippen LogP contribution is -2.19. The van der Waals surface area contributed by atoms with Crippen LogP contribution in [0.3, 0.4) is 0 Å². The highest BCUT2D eigenvalue weighted by atomic mass is 16.6. The number of nitrogens with zero attached hydrogens (tertiary/aromatic N) is 4. The minimum Gasteiger partial charge on any atom is -0.497 e. The SMILES string of the molecule is CCN(c1cccc(C)c1)c1ncnc(Nc2ccc(OC)cc2)c1[N+](=O)[O-]. The van der Waals surface area contributed by atoms with Gasteiger partial charge in [0.25, 0.3) is 0 Å². The molecule has 8 heteroatoms. The number of hydrogen-bond donors (Lipinski definition) is 1. The first kappa shape index (κ1) is 19.1. The summed E-state index contributed by atoms with van der Waals surface area (Å²) in [7, 11) is 1.58. The Labute approximate surface area is 163 Å². The zero-order valence-corrected chi connectivity index (χ0v) is 15.9. The van der Waals surface area contributed by atoms with Gasteiger partial charge in [0.1, 0.15) is 12.1 Å². The minimum atomic E-state index is -0.459. The van der Waals surface area contributed by atoms with E-state index >= 15 is 0 Å². The number of nitrogens with one attached hydrogen (secondary N) is 1. The number of aromatic nitrogens is 2. The fraction of sp³-hybridized carbons (Fsp3) is 0.200. The van der Waals surface area contributed by atoms with Crippen molar-refractivity contribution in [2.24, 2.45) is 0 Å². The molecular weight excluding hydrogens is 358 g/mol. The molecule has 0 aliphatic heterocycles. The summed E-state index contributed by atoms with van der Waals surface area (Å²) in [6, 6.07) is 14.8. The Morgan fingerprint density at radius 2 is 1.93 bits per heavy atom. The molecule has 144 valence electrons. The Balaban J connectivity index is 2.04. The van der Waals surface area contributed by atoms with Crippen LogP contribution >= 0.6 is 0 Å². The van der Waals surface area contributed by atoms with Gasteiger partial charge in [0, 0.05) is 17.9 Å². The van der Waals surface area contributed by atoms with Crippen molar-refractivity contribution in [3.63, 3.8) is 0 Å². The molecule has 8 nitrogen and oxygen atoms in total. The summed E-state index contributed by atoms with van der Waals surface area (Å²) < 4.78 is 5.14. The van der Waals surface area contributed by atoms with E-state index in [9.17, 15) is 10.1 Å². The molecule has 1 aromatic heterocycles. The van der Waals surface area contributed by atoms with E-state index in [1.807, 2.05) is 38.1 Å². The third-order valence-corrected chi connectivity index (χ3v) is 4.22. The molecule has 0 aliphatic carbocycles. The first-order valence-electron chi connectivity index (χ1n) is 8.78. The minimum absolute atomic E-state index is 0.131. The average molecular weight is 379 g/mol. The fourth-order valence-corrected chi connectivity index (χ4v) is 2.89. The lowest BCUT2D eigenvalue weighted by Gasteiger charge is -2.22. The molecule has 0 bridgehead atoms. The average Bonchev–Trinajstić information content (AvgIpc) is 2.69. The highest BCUT2D eigenvalue weighted by molar-refractivity contribution is 5.78. The van der Waals surface area contributed by atoms with Crippen LogP contribution in [0.15, 0.2) is 54.9 Å². The van der Waals surface area contributed by atoms with Crippen molar-refractivity contribution in [3.05, 3.63) is 70.5 Å². The summed E-state index contributed by atoms with van der Waals surface area (Å²) in [5, 5.41) is 14.9. The van der Waals surface area contributed by atoms with E-state index in [1.54, 1.807) is 36.3 Å². The summed E-state index contributed by atoms with van der Waals surface area (Å²) in [6.07, 6.45) is 1.33. The molecule has 0 spiro atoms. The maximum absolute atomic E-state index is 11.9. The molecule has 0 amide bonds. The van der Waals surface area contributed by atoms with Crippen molar-refractivity contribution in [2.45, 2.75) is 13.8 Å². The van der Waals surface area contributed by atoms with Gasteiger partial charge < -0.3 is 15.0 Å². The van der Waals surface area contributed by atoms with E-state index in [1.165, 1.54) is 6.33 Å². The largest absolute Gasteiger partial charge is 0.497 e. The van der Waals surface area contributed by atoms with Crippen LogP contribution in [0, 0.1) is 17.0 Å². The highest BCUT2D eigenvalue weighted by Gasteiger charge is 2.27. The van der Waals surface area contributed by atoms with Gasteiger partial charge in [-0.1, -0.05) is 12.1 Å². The van der Waals surface area contributed by atoms with Gasteiger partial charge >= 0.3 is 5.69 Å². The van der Waals surface area contributed by atoms with Crippen LogP contribution in [-0.4, -0.2) is 28.5 Å². The molecule has 0 atom stereocenters. The lowest BCUT2D eigenvalue weighted by atomic mass is 10.2. The van der Waals surface area contributed by atoms with Gasteiger partial charge in [0.2, 0.25) is 11.6 Å². The van der Waals surface area contributed by atoms with Crippen molar-refractivity contribution in [2.75, 3.05) is 23.9 Å². The maximum Gasteiger partial charge on any atom is 0.354 e. The number of benzene rings is 2. The Hall–Kier alpha value is -3.68. The Kier molecular flexibility index (Phi) is 5.69. The normalized spacial score (nSPS) is 10.4. The maximum atomic E-state index is 11.9. The van der Waals surface area contributed by atoms with Crippen LogP contribution in [0.1, 0.15) is 12.5 Å². The number of anilines is 4. The first-order valence-corrected chi connectivity index (χ1v) is 8.78. The summed E-state index contributed by atoms with van der Waals surface area (Å²) in [6.45, 7) is 4.41. The molecule has 0 saturated heterocycles. The molecule has 0 saturated carbocycles. The zero-order valence-electron chi connectivity index (χ0n) is 15.9. The van der Waals surface area contributed by atoms with Crippen LogP contribution in [0.25, 0.3) is 0 Å². The summed E-state index contributed by atoms with van der Waals surface area (Å²) in [5.74, 6) is 1.07. The Morgan fingerprint density at radius 1 is 1.18 bits per heavy atom. The number of ether oxygens (including phenoxy) is 1. The van der Waals surface area contributed by atoms with E-state index < -0.39 is 4.92 Å². The van der Waals surface area contributed by atoms with Crippen LogP contribution < -0.4 is 15.0 Å². The van der Waals surface area contributed by atoms with E-state index in [0.717, 1.165) is 11.3 Å². The van der Waals surface area contributed by atoms with Crippen molar-refractivity contribution in [1.29, 1.82) is 0 Å². The van der Waals surface area contributed by atoms with Crippen LogP contribution in [0.5, 0.6) is 5.75 Å². The van der Waals surface area contributed by atoms with Gasteiger partial charge in [-0.05, 0) is 55.8 Å². The van der Waals surface area contributed by atoms with Crippen molar-refractivity contribution < 1.29 is 9.66 Å². The topological polar surface area (TPSA) is 93.4 Å². The first-order chi connectivity index (χ1) is 13.5. The van der Waals surface area contributed by atoms with Crippen molar-refractivity contribution in [1.82, 2.24) is 9.97 Å². The molecule has 3 aromatic rings. The molecule has 28 heavy (non-hydrogen) atoms. The van der Waals surface area contributed by atoms with E-state index in [0.29, 0.717) is 18.0 Å².